The van der Waals surface area contributed by atoms with Crippen molar-refractivity contribution >= 4 is 17.9 Å². The van der Waals surface area contributed by atoms with Crippen molar-refractivity contribution < 1.29 is 42.9 Å². The summed E-state index contributed by atoms with van der Waals surface area (Å²) in [7, 11) is 5.95. The van der Waals surface area contributed by atoms with E-state index < -0.39 is 24.3 Å². The highest BCUT2D eigenvalue weighted by Gasteiger charge is 2.22. The Labute approximate surface area is 640 Å². The van der Waals surface area contributed by atoms with Gasteiger partial charge in [-0.2, -0.15) is 0 Å². The van der Waals surface area contributed by atoms with Gasteiger partial charge in [0.15, 0.2) is 12.4 Å². The van der Waals surface area contributed by atoms with E-state index in [1.165, 1.54) is 334 Å². The van der Waals surface area contributed by atoms with Crippen LogP contribution in [0.2, 0.25) is 0 Å². The molecule has 0 fully saturated rings. The van der Waals surface area contributed by atoms with E-state index in [2.05, 4.69) is 98.9 Å². The topological polar surface area (TPSA) is 111 Å². The van der Waals surface area contributed by atoms with Crippen molar-refractivity contribution in [2.24, 2.45) is 0 Å². The number of carboxylic acids is 1. The highest BCUT2D eigenvalue weighted by molar-refractivity contribution is 5.70. The number of hydrogen-bond donors (Lipinski definition) is 0. The zero-order valence-electron chi connectivity index (χ0n) is 68.9. The van der Waals surface area contributed by atoms with Crippen molar-refractivity contribution in [1.82, 2.24) is 0 Å². The minimum absolute atomic E-state index is 0.149. The number of nitrogens with zero attached hydrogens (tertiary/aromatic N) is 1. The minimum atomic E-state index is -1.62. The van der Waals surface area contributed by atoms with Gasteiger partial charge in [-0.3, -0.25) is 9.59 Å². The molecular formula is C94H171NO8. The van der Waals surface area contributed by atoms with Crippen molar-refractivity contribution in [2.45, 2.75) is 450 Å². The molecule has 2 unspecified atom stereocenters. The molecule has 0 aliphatic heterocycles. The van der Waals surface area contributed by atoms with Gasteiger partial charge >= 0.3 is 11.9 Å². The standard InChI is InChI=1S/C94H171NO8/c1-6-8-10-12-14-16-18-20-22-24-26-28-30-32-34-36-38-40-42-44-45-46-47-49-50-52-54-56-58-60-62-64-66-68-70-72-74-76-78-80-82-84-91(96)101-88-90(89-102-94(93(98)99)100-87-86-95(3,4)5)103-92(97)85-83-81-79-77-75-73-71-69-67-65-63-61-59-57-55-53-51-48-43-41-39-37-35-33-31-29-27-25-23-21-19-17-15-13-11-9-7-2/h9,11,15,17,21,23-24,26-27,29,33,35,39,41,90,94H,6-8,10,12-14,16,18-20,22,25,28,30-32,34,36-38,40,42-89H2,1-5H3/b11-9-,17-15-,23-21-,26-24-,29-27-,35-33-,41-39-. The molecule has 9 heteroatoms. The van der Waals surface area contributed by atoms with Crippen LogP contribution in [0.25, 0.3) is 0 Å². The van der Waals surface area contributed by atoms with Crippen LogP contribution in [0.1, 0.15) is 438 Å². The predicted octanol–water partition coefficient (Wildman–Crippen LogP) is 27.9. The fourth-order valence-corrected chi connectivity index (χ4v) is 13.4. The Morgan fingerprint density at radius 3 is 0.835 bits per heavy atom. The lowest BCUT2D eigenvalue weighted by Gasteiger charge is -2.26. The van der Waals surface area contributed by atoms with E-state index in [9.17, 15) is 19.5 Å². The molecule has 0 amide bonds. The van der Waals surface area contributed by atoms with Crippen molar-refractivity contribution in [1.29, 1.82) is 0 Å². The molecule has 0 saturated heterocycles. The number of unbranched alkanes of at least 4 members (excludes halogenated alkanes) is 55. The molecule has 0 aliphatic carbocycles. The lowest BCUT2D eigenvalue weighted by Crippen LogP contribution is -2.44. The number of aliphatic carboxylic acids is 1. The number of hydrogen-bond acceptors (Lipinski definition) is 8. The average molecular weight is 1440 g/mol. The summed E-state index contributed by atoms with van der Waals surface area (Å²) in [6, 6.07) is 0. The summed E-state index contributed by atoms with van der Waals surface area (Å²) in [5.41, 5.74) is 0. The Kier molecular flexibility index (Phi) is 81.2. The summed E-state index contributed by atoms with van der Waals surface area (Å²) in [5.74, 6) is -2.25. The van der Waals surface area contributed by atoms with E-state index in [-0.39, 0.29) is 32.2 Å². The van der Waals surface area contributed by atoms with Gasteiger partial charge in [-0.15, -0.1) is 0 Å². The van der Waals surface area contributed by atoms with E-state index in [0.717, 1.165) is 70.6 Å². The molecule has 0 radical (unpaired) electrons. The van der Waals surface area contributed by atoms with Crippen LogP contribution < -0.4 is 5.11 Å². The summed E-state index contributed by atoms with van der Waals surface area (Å²) in [4.78, 5) is 37.7. The molecule has 103 heavy (non-hydrogen) atoms. The van der Waals surface area contributed by atoms with Gasteiger partial charge in [-0.05, 0) is 89.9 Å². The van der Waals surface area contributed by atoms with Crippen LogP contribution in [0.5, 0.6) is 0 Å². The van der Waals surface area contributed by atoms with E-state index in [1.807, 2.05) is 21.1 Å². The van der Waals surface area contributed by atoms with E-state index in [4.69, 9.17) is 18.9 Å². The van der Waals surface area contributed by atoms with Gasteiger partial charge in [0.2, 0.25) is 0 Å². The number of rotatable bonds is 84. The fraction of sp³-hybridized carbons (Fsp3) is 0.819. The second-order valence-corrected chi connectivity index (χ2v) is 31.5. The second kappa shape index (κ2) is 84.1. The second-order valence-electron chi connectivity index (χ2n) is 31.5. The first kappa shape index (κ1) is 99.5. The summed E-state index contributed by atoms with van der Waals surface area (Å²) < 4.78 is 22.9. The lowest BCUT2D eigenvalue weighted by atomic mass is 10.0. The van der Waals surface area contributed by atoms with Gasteiger partial charge in [-0.1, -0.05) is 420 Å². The molecule has 0 aromatic carbocycles. The number of carbonyl (C=O) groups is 3. The first-order chi connectivity index (χ1) is 50.6. The van der Waals surface area contributed by atoms with Gasteiger partial charge in [0.25, 0.3) is 0 Å². The molecule has 0 spiro atoms. The molecule has 0 aromatic heterocycles. The fourth-order valence-electron chi connectivity index (χ4n) is 13.4. The molecule has 0 N–H and O–H groups in total. The van der Waals surface area contributed by atoms with Crippen molar-refractivity contribution in [2.75, 3.05) is 47.5 Å². The number of esters is 2. The van der Waals surface area contributed by atoms with Gasteiger partial charge in [0.05, 0.1) is 40.3 Å². The lowest BCUT2D eigenvalue weighted by molar-refractivity contribution is -0.870. The molecule has 2 atom stereocenters. The van der Waals surface area contributed by atoms with Crippen LogP contribution in [0.4, 0.5) is 0 Å². The maximum Gasteiger partial charge on any atom is 0.306 e. The minimum Gasteiger partial charge on any atom is -0.545 e. The Balaban J connectivity index is 3.92. The number of allylic oxidation sites excluding steroid dienone is 14. The third kappa shape index (κ3) is 85.6. The summed E-state index contributed by atoms with van der Waals surface area (Å²) >= 11 is 0. The molecular weight excluding hydrogens is 1270 g/mol. The summed E-state index contributed by atoms with van der Waals surface area (Å²) in [5, 5.41) is 11.9. The Hall–Kier alpha value is -3.53. The van der Waals surface area contributed by atoms with Crippen LogP contribution in [0.3, 0.4) is 0 Å². The zero-order chi connectivity index (χ0) is 74.6. The number of ether oxygens (including phenoxy) is 4. The van der Waals surface area contributed by atoms with Crippen LogP contribution >= 0.6 is 0 Å². The third-order valence-corrected chi connectivity index (χ3v) is 20.1. The Bertz CT molecular complexity index is 1980. The summed E-state index contributed by atoms with van der Waals surface area (Å²) in [6.45, 7) is 4.70. The molecule has 0 rings (SSSR count). The van der Waals surface area contributed by atoms with Crippen molar-refractivity contribution in [3.05, 3.63) is 85.1 Å². The van der Waals surface area contributed by atoms with Crippen LogP contribution in [0.15, 0.2) is 85.1 Å². The van der Waals surface area contributed by atoms with Crippen LogP contribution in [0, 0.1) is 0 Å². The first-order valence-corrected chi connectivity index (χ1v) is 44.7. The molecule has 9 nitrogen and oxygen atoms in total. The molecule has 0 heterocycles. The third-order valence-electron chi connectivity index (χ3n) is 20.1. The highest BCUT2D eigenvalue weighted by Crippen LogP contribution is 2.20. The molecule has 600 valence electrons. The maximum atomic E-state index is 13.0. The van der Waals surface area contributed by atoms with Gasteiger partial charge in [0, 0.05) is 12.8 Å². The zero-order valence-corrected chi connectivity index (χ0v) is 68.9. The summed E-state index contributed by atoms with van der Waals surface area (Å²) in [6.07, 6.45) is 113. The average Bonchev–Trinajstić information content (AvgIpc) is 1.16. The van der Waals surface area contributed by atoms with Crippen LogP contribution in [-0.4, -0.2) is 82.3 Å². The SMILES string of the molecule is CC/C=C\C/C=C\C/C=C\C/C=C\C/C=C\C/C=C\CCCCCCCCCCCCCCCCCCCCC(=O)OC(COC(=O)CCCCCCCCCCCCCCCCCCCCCCCCCCCCCCC/C=C\CCCCCCCCCC)COC(OCC[N+](C)(C)C)C(=O)[O-]. The van der Waals surface area contributed by atoms with Crippen molar-refractivity contribution in [3.63, 3.8) is 0 Å². The number of likely N-dealkylation sites (N-methyl/N-ethyl adjacent to an activating group) is 1. The maximum absolute atomic E-state index is 13.0. The van der Waals surface area contributed by atoms with E-state index >= 15 is 0 Å². The van der Waals surface area contributed by atoms with E-state index in [0.29, 0.717) is 23.9 Å². The normalized spacial score (nSPS) is 13.0. The largest absolute Gasteiger partial charge is 0.545 e. The molecule has 0 bridgehead atoms. The Morgan fingerprint density at radius 1 is 0.301 bits per heavy atom. The van der Waals surface area contributed by atoms with Gasteiger partial charge in [0.1, 0.15) is 13.2 Å². The molecule has 0 aromatic rings. The number of quaternary nitrogens is 1. The van der Waals surface area contributed by atoms with Gasteiger partial charge < -0.3 is 33.3 Å². The first-order valence-electron chi connectivity index (χ1n) is 44.7. The molecule has 0 saturated carbocycles. The van der Waals surface area contributed by atoms with Crippen molar-refractivity contribution in [3.8, 4) is 0 Å². The highest BCUT2D eigenvalue weighted by atomic mass is 16.7. The number of carboxylic acid groups (broad SMARTS) is 1. The monoisotopic (exact) mass is 1440 g/mol. The number of carbonyl (C=O) groups excluding carboxylic acids is 3. The molecule has 0 aliphatic rings. The Morgan fingerprint density at radius 2 is 0.553 bits per heavy atom. The quantitative estimate of drug-likeness (QED) is 0.0195. The predicted molar refractivity (Wildman–Crippen MR) is 444 cm³/mol. The smallest absolute Gasteiger partial charge is 0.306 e. The van der Waals surface area contributed by atoms with E-state index in [1.54, 1.807) is 0 Å². The van der Waals surface area contributed by atoms with Crippen LogP contribution in [-0.2, 0) is 33.3 Å². The van der Waals surface area contributed by atoms with Gasteiger partial charge in [-0.25, -0.2) is 0 Å².